The van der Waals surface area contributed by atoms with Crippen molar-refractivity contribution in [3.8, 4) is 0 Å². The van der Waals surface area contributed by atoms with E-state index in [0.717, 1.165) is 23.6 Å². The van der Waals surface area contributed by atoms with Crippen LogP contribution in [-0.4, -0.2) is 18.5 Å². The van der Waals surface area contributed by atoms with Gasteiger partial charge in [0.25, 0.3) is 0 Å². The van der Waals surface area contributed by atoms with Gasteiger partial charge in [0.2, 0.25) is 5.91 Å². The highest BCUT2D eigenvalue weighted by Gasteiger charge is 2.28. The lowest BCUT2D eigenvalue weighted by Crippen LogP contribution is -2.44. The molecule has 0 aliphatic carbocycles. The zero-order chi connectivity index (χ0) is 12.5. The van der Waals surface area contributed by atoms with Crippen molar-refractivity contribution in [3.63, 3.8) is 0 Å². The van der Waals surface area contributed by atoms with Gasteiger partial charge in [0.15, 0.2) is 0 Å². The molecule has 18 heavy (non-hydrogen) atoms. The number of amides is 1. The van der Waals surface area contributed by atoms with Gasteiger partial charge in [-0.25, -0.2) is 0 Å². The molecule has 5 heteroatoms. The first-order valence-electron chi connectivity index (χ1n) is 5.87. The van der Waals surface area contributed by atoms with E-state index in [1.54, 1.807) is 30.6 Å². The molecule has 2 aromatic heterocycles. The fourth-order valence-corrected chi connectivity index (χ4v) is 2.28. The Morgan fingerprint density at radius 2 is 2.44 bits per heavy atom. The van der Waals surface area contributed by atoms with Crippen LogP contribution in [0, 0.1) is 0 Å². The molecule has 3 rings (SSSR count). The number of hydrogen-bond donors (Lipinski definition) is 1. The topological polar surface area (TPSA) is 58.6 Å². The molecule has 1 amide bonds. The van der Waals surface area contributed by atoms with Crippen LogP contribution in [0.3, 0.4) is 0 Å². The molecule has 1 aliphatic rings. The van der Waals surface area contributed by atoms with Crippen LogP contribution in [0.2, 0.25) is 0 Å². The van der Waals surface area contributed by atoms with Crippen LogP contribution < -0.4 is 10.2 Å². The van der Waals surface area contributed by atoms with Gasteiger partial charge in [-0.1, -0.05) is 0 Å². The van der Waals surface area contributed by atoms with Gasteiger partial charge >= 0.3 is 0 Å². The van der Waals surface area contributed by atoms with E-state index in [4.69, 9.17) is 8.83 Å². The number of furan rings is 2. The van der Waals surface area contributed by atoms with Crippen molar-refractivity contribution in [2.45, 2.75) is 19.4 Å². The molecular weight excluding hydrogens is 232 g/mol. The van der Waals surface area contributed by atoms with Gasteiger partial charge in [0.05, 0.1) is 18.0 Å². The molecule has 0 radical (unpaired) electrons. The second-order valence-electron chi connectivity index (χ2n) is 4.43. The highest BCUT2D eigenvalue weighted by Crippen LogP contribution is 2.32. The summed E-state index contributed by atoms with van der Waals surface area (Å²) in [5, 5.41) is 3.35. The highest BCUT2D eigenvalue weighted by molar-refractivity contribution is 5.96. The monoisotopic (exact) mass is 246 g/mol. The molecular formula is C13H14N2O3. The van der Waals surface area contributed by atoms with Crippen LogP contribution in [0.15, 0.2) is 39.8 Å². The predicted molar refractivity (Wildman–Crippen MR) is 66.6 cm³/mol. The molecule has 3 heterocycles. The molecule has 1 aliphatic heterocycles. The van der Waals surface area contributed by atoms with Gasteiger partial charge < -0.3 is 19.1 Å². The van der Waals surface area contributed by atoms with Crippen molar-refractivity contribution >= 4 is 17.3 Å². The van der Waals surface area contributed by atoms with Crippen molar-refractivity contribution < 1.29 is 13.6 Å². The Bertz CT molecular complexity index is 544. The summed E-state index contributed by atoms with van der Waals surface area (Å²) in [7, 11) is 0. The summed E-state index contributed by atoms with van der Waals surface area (Å²) in [5.74, 6) is 0.923. The molecule has 1 unspecified atom stereocenters. The fraction of sp³-hybridized carbons (Fsp3) is 0.308. The van der Waals surface area contributed by atoms with E-state index >= 15 is 0 Å². The lowest BCUT2D eigenvalue weighted by molar-refractivity contribution is -0.116. The van der Waals surface area contributed by atoms with E-state index in [1.807, 2.05) is 12.1 Å². The van der Waals surface area contributed by atoms with Crippen LogP contribution in [0.5, 0.6) is 0 Å². The number of anilines is 2. The third kappa shape index (κ3) is 1.88. The molecule has 0 bridgehead atoms. The van der Waals surface area contributed by atoms with Crippen molar-refractivity contribution in [2.24, 2.45) is 0 Å². The quantitative estimate of drug-likeness (QED) is 0.883. The molecule has 0 saturated carbocycles. The zero-order valence-electron chi connectivity index (χ0n) is 10.1. The smallest absolute Gasteiger partial charge is 0.224 e. The van der Waals surface area contributed by atoms with Gasteiger partial charge in [-0.3, -0.25) is 4.79 Å². The Morgan fingerprint density at radius 1 is 1.56 bits per heavy atom. The number of carbonyl (C=O) groups is 1. The summed E-state index contributed by atoms with van der Waals surface area (Å²) in [6, 6.07) is 3.93. The van der Waals surface area contributed by atoms with E-state index in [0.29, 0.717) is 6.54 Å². The minimum Gasteiger partial charge on any atom is -0.469 e. The van der Waals surface area contributed by atoms with E-state index in [9.17, 15) is 4.79 Å². The molecule has 0 aromatic carbocycles. The summed E-state index contributed by atoms with van der Waals surface area (Å²) in [5.41, 5.74) is 1.66. The van der Waals surface area contributed by atoms with Gasteiger partial charge in [-0.05, 0) is 12.1 Å². The van der Waals surface area contributed by atoms with E-state index in [1.165, 1.54) is 0 Å². The maximum Gasteiger partial charge on any atom is 0.224 e. The molecule has 5 nitrogen and oxygen atoms in total. The number of rotatable bonds is 2. The summed E-state index contributed by atoms with van der Waals surface area (Å²) in [6.07, 6.45) is 5.61. The average molecular weight is 246 g/mol. The maximum absolute atomic E-state index is 11.6. The summed E-state index contributed by atoms with van der Waals surface area (Å²) in [4.78, 5) is 13.4. The highest BCUT2D eigenvalue weighted by atomic mass is 16.3. The molecule has 1 N–H and O–H groups in total. The van der Waals surface area contributed by atoms with Gasteiger partial charge in [0, 0.05) is 19.9 Å². The van der Waals surface area contributed by atoms with E-state index in [2.05, 4.69) is 5.32 Å². The van der Waals surface area contributed by atoms with E-state index in [-0.39, 0.29) is 11.9 Å². The predicted octanol–water partition coefficient (Wildman–Crippen LogP) is 2.26. The second-order valence-corrected chi connectivity index (χ2v) is 4.43. The Morgan fingerprint density at radius 3 is 3.17 bits per heavy atom. The van der Waals surface area contributed by atoms with Crippen LogP contribution in [-0.2, 0) is 11.2 Å². The number of carbonyl (C=O) groups excluding carboxylic acids is 1. The van der Waals surface area contributed by atoms with Gasteiger partial charge in [0.1, 0.15) is 24.0 Å². The maximum atomic E-state index is 11.6. The van der Waals surface area contributed by atoms with Crippen molar-refractivity contribution in [3.05, 3.63) is 36.7 Å². The van der Waals surface area contributed by atoms with Crippen LogP contribution in [0.25, 0.3) is 0 Å². The van der Waals surface area contributed by atoms with Crippen LogP contribution >= 0.6 is 0 Å². The third-order valence-corrected chi connectivity index (χ3v) is 3.10. The minimum absolute atomic E-state index is 0.0172. The Labute approximate surface area is 104 Å². The molecule has 2 aromatic rings. The fourth-order valence-electron chi connectivity index (χ4n) is 2.28. The van der Waals surface area contributed by atoms with Crippen LogP contribution in [0.1, 0.15) is 12.7 Å². The van der Waals surface area contributed by atoms with Gasteiger partial charge in [-0.2, -0.15) is 0 Å². The first-order valence-corrected chi connectivity index (χ1v) is 5.87. The number of fused-ring (bicyclic) bond motifs is 1. The van der Waals surface area contributed by atoms with Crippen molar-refractivity contribution in [1.29, 1.82) is 0 Å². The lowest BCUT2D eigenvalue weighted by Gasteiger charge is -2.32. The normalized spacial score (nSPS) is 18.3. The molecule has 94 valence electrons. The lowest BCUT2D eigenvalue weighted by atomic mass is 10.1. The standard InChI is InChI=1S/C13H14N2O3/c1-9(16)15-6-10(5-11-3-2-4-18-11)14-12-7-17-8-13(12)15/h2-4,7-8,10,14H,5-6H2,1H3. The Kier molecular flexibility index (Phi) is 2.59. The third-order valence-electron chi connectivity index (χ3n) is 3.10. The minimum atomic E-state index is 0.0172. The van der Waals surface area contributed by atoms with Crippen molar-refractivity contribution in [1.82, 2.24) is 0 Å². The number of nitrogens with one attached hydrogen (secondary N) is 1. The second kappa shape index (κ2) is 4.25. The van der Waals surface area contributed by atoms with Gasteiger partial charge in [-0.15, -0.1) is 0 Å². The average Bonchev–Trinajstić information content (AvgIpc) is 2.98. The first-order chi connectivity index (χ1) is 8.74. The zero-order valence-corrected chi connectivity index (χ0v) is 10.1. The first kappa shape index (κ1) is 11.0. The van der Waals surface area contributed by atoms with Crippen LogP contribution in [0.4, 0.5) is 11.4 Å². The largest absolute Gasteiger partial charge is 0.469 e. The summed E-state index contributed by atoms with van der Waals surface area (Å²) in [6.45, 7) is 2.18. The number of hydrogen-bond acceptors (Lipinski definition) is 4. The summed E-state index contributed by atoms with van der Waals surface area (Å²) < 4.78 is 10.5. The molecule has 0 spiro atoms. The SMILES string of the molecule is CC(=O)N1CC(Cc2ccco2)Nc2cocc21. The van der Waals surface area contributed by atoms with E-state index < -0.39 is 0 Å². The summed E-state index contributed by atoms with van der Waals surface area (Å²) >= 11 is 0. The number of nitrogens with zero attached hydrogens (tertiary/aromatic N) is 1. The van der Waals surface area contributed by atoms with Crippen molar-refractivity contribution in [2.75, 3.05) is 16.8 Å². The molecule has 0 fully saturated rings. The molecule has 0 saturated heterocycles. The molecule has 1 atom stereocenters. The Hall–Kier alpha value is -2.17. The Balaban J connectivity index is 1.82.